The van der Waals surface area contributed by atoms with E-state index < -0.39 is 0 Å². The fraction of sp³-hybridized carbons (Fsp3) is 0.0238. The van der Waals surface area contributed by atoms with E-state index in [1.54, 1.807) is 9.13 Å². The summed E-state index contributed by atoms with van der Waals surface area (Å²) < 4.78 is 3.52. The zero-order valence-electron chi connectivity index (χ0n) is 25.8. The van der Waals surface area contributed by atoms with Crippen molar-refractivity contribution in [3.63, 3.8) is 0 Å². The van der Waals surface area contributed by atoms with Gasteiger partial charge in [0.15, 0.2) is 5.82 Å². The van der Waals surface area contributed by atoms with Crippen LogP contribution in [-0.2, 0) is 7.05 Å². The van der Waals surface area contributed by atoms with Gasteiger partial charge >= 0.3 is 5.69 Å². The van der Waals surface area contributed by atoms with Gasteiger partial charge in [0.25, 0.3) is 0 Å². The van der Waals surface area contributed by atoms with Crippen LogP contribution >= 0.6 is 0 Å². The van der Waals surface area contributed by atoms with Gasteiger partial charge < -0.3 is 0 Å². The van der Waals surface area contributed by atoms with Crippen molar-refractivity contribution in [2.45, 2.75) is 0 Å². The summed E-state index contributed by atoms with van der Waals surface area (Å²) in [4.78, 5) is 23.2. The molecule has 0 atom stereocenters. The highest BCUT2D eigenvalue weighted by Crippen LogP contribution is 2.33. The lowest BCUT2D eigenvalue weighted by molar-refractivity contribution is 0.847. The highest BCUT2D eigenvalue weighted by Gasteiger charge is 2.16. The SMILES string of the molecule is Cn1c(=O)n(-c2ccccc2)c2cccc(-c3ccc(-c4ccc(-c5cc(-c6ccccc6)nc(-c6ccccc6)n5)cc4)cc3)c21. The standard InChI is InChI=1S/C42H30N4O/c1-45-40-36(18-11-19-39(40)46(42(45)47)35-16-9-4-10-17-35)31-24-20-29(21-25-31)30-22-26-33(27-23-30)38-28-37(32-12-5-2-6-13-32)43-41(44-38)34-14-7-3-8-15-34/h2-28H,1H3. The number of hydrogen-bond acceptors (Lipinski definition) is 3. The van der Waals surface area contributed by atoms with Crippen LogP contribution in [0.3, 0.4) is 0 Å². The van der Waals surface area contributed by atoms with Crippen LogP contribution in [0.1, 0.15) is 0 Å². The fourth-order valence-corrected chi connectivity index (χ4v) is 6.22. The smallest absolute Gasteiger partial charge is 0.294 e. The van der Waals surface area contributed by atoms with Gasteiger partial charge in [-0.2, -0.15) is 0 Å². The lowest BCUT2D eigenvalue weighted by Gasteiger charge is -2.11. The van der Waals surface area contributed by atoms with Crippen molar-refractivity contribution in [2.24, 2.45) is 7.05 Å². The van der Waals surface area contributed by atoms with Gasteiger partial charge in [-0.25, -0.2) is 14.8 Å². The molecule has 8 rings (SSSR count). The summed E-state index contributed by atoms with van der Waals surface area (Å²) in [6.45, 7) is 0. The zero-order valence-corrected chi connectivity index (χ0v) is 25.8. The Hall–Kier alpha value is -6.33. The maximum Gasteiger partial charge on any atom is 0.333 e. The van der Waals surface area contributed by atoms with Gasteiger partial charge in [-0.1, -0.05) is 140 Å². The van der Waals surface area contributed by atoms with Crippen LogP contribution in [-0.4, -0.2) is 19.1 Å². The molecule has 0 aliphatic rings. The number of aromatic nitrogens is 4. The van der Waals surface area contributed by atoms with Gasteiger partial charge in [-0.15, -0.1) is 0 Å². The highest BCUT2D eigenvalue weighted by atomic mass is 16.1. The molecule has 224 valence electrons. The minimum atomic E-state index is -0.0641. The molecule has 5 nitrogen and oxygen atoms in total. The van der Waals surface area contributed by atoms with E-state index in [1.807, 2.05) is 98.0 Å². The molecule has 0 radical (unpaired) electrons. The Labute approximate surface area is 272 Å². The molecule has 2 heterocycles. The molecule has 0 aliphatic carbocycles. The Bertz CT molecular complexity index is 2340. The molecule has 6 aromatic carbocycles. The first-order valence-corrected chi connectivity index (χ1v) is 15.6. The van der Waals surface area contributed by atoms with Crippen LogP contribution in [0.25, 0.3) is 72.9 Å². The number of benzene rings is 6. The van der Waals surface area contributed by atoms with Crippen LogP contribution in [0, 0.1) is 0 Å². The van der Waals surface area contributed by atoms with Gasteiger partial charge in [0.2, 0.25) is 0 Å². The summed E-state index contributed by atoms with van der Waals surface area (Å²) >= 11 is 0. The molecule has 0 saturated heterocycles. The predicted molar refractivity (Wildman–Crippen MR) is 191 cm³/mol. The van der Waals surface area contributed by atoms with Crippen LogP contribution < -0.4 is 5.69 Å². The number of imidazole rings is 1. The summed E-state index contributed by atoms with van der Waals surface area (Å²) in [5.74, 6) is 0.702. The van der Waals surface area contributed by atoms with E-state index in [0.717, 1.165) is 67.1 Å². The second kappa shape index (κ2) is 11.9. The van der Waals surface area contributed by atoms with Crippen molar-refractivity contribution in [1.82, 2.24) is 19.1 Å². The third-order valence-electron chi connectivity index (χ3n) is 8.62. The van der Waals surface area contributed by atoms with Gasteiger partial charge in [0.1, 0.15) is 0 Å². The number of rotatable bonds is 6. The van der Waals surface area contributed by atoms with Crippen molar-refractivity contribution < 1.29 is 0 Å². The Morgan fingerprint density at radius 2 is 0.957 bits per heavy atom. The first-order valence-electron chi connectivity index (χ1n) is 15.6. The third kappa shape index (κ3) is 5.24. The van der Waals surface area contributed by atoms with Crippen LogP contribution in [0.4, 0.5) is 0 Å². The van der Waals surface area contributed by atoms with Crippen LogP contribution in [0.5, 0.6) is 0 Å². The van der Waals surface area contributed by atoms with Gasteiger partial charge in [0, 0.05) is 29.3 Å². The number of aryl methyl sites for hydroxylation is 1. The summed E-state index contributed by atoms with van der Waals surface area (Å²) in [5, 5.41) is 0. The van der Waals surface area contributed by atoms with Gasteiger partial charge in [0.05, 0.1) is 28.1 Å². The Morgan fingerprint density at radius 3 is 1.55 bits per heavy atom. The van der Waals surface area contributed by atoms with Crippen molar-refractivity contribution in [3.8, 4) is 61.8 Å². The van der Waals surface area contributed by atoms with E-state index in [4.69, 9.17) is 9.97 Å². The largest absolute Gasteiger partial charge is 0.333 e. The second-order valence-corrected chi connectivity index (χ2v) is 11.5. The number of nitrogens with zero attached hydrogens (tertiary/aromatic N) is 4. The van der Waals surface area contributed by atoms with Crippen molar-refractivity contribution >= 4 is 11.0 Å². The first kappa shape index (κ1) is 28.2. The molecule has 0 fully saturated rings. The topological polar surface area (TPSA) is 52.7 Å². The molecule has 0 bridgehead atoms. The minimum absolute atomic E-state index is 0.0641. The fourth-order valence-electron chi connectivity index (χ4n) is 6.22. The lowest BCUT2D eigenvalue weighted by atomic mass is 9.98. The average molecular weight is 607 g/mol. The van der Waals surface area contributed by atoms with E-state index in [-0.39, 0.29) is 5.69 Å². The molecule has 0 saturated carbocycles. The number of fused-ring (bicyclic) bond motifs is 1. The average Bonchev–Trinajstić information content (AvgIpc) is 3.41. The van der Waals surface area contributed by atoms with Crippen LogP contribution in [0.2, 0.25) is 0 Å². The predicted octanol–water partition coefficient (Wildman–Crippen LogP) is 9.45. The van der Waals surface area contributed by atoms with Gasteiger partial charge in [-0.05, 0) is 41.0 Å². The molecule has 0 amide bonds. The summed E-state index contributed by atoms with van der Waals surface area (Å²) in [6.07, 6.45) is 0. The summed E-state index contributed by atoms with van der Waals surface area (Å²) in [7, 11) is 1.84. The summed E-state index contributed by atoms with van der Waals surface area (Å²) in [5.41, 5.74) is 11.7. The lowest BCUT2D eigenvalue weighted by Crippen LogP contribution is -2.20. The monoisotopic (exact) mass is 606 g/mol. The van der Waals surface area contributed by atoms with E-state index in [9.17, 15) is 4.79 Å². The molecular formula is C42H30N4O. The molecule has 5 heteroatoms. The van der Waals surface area contributed by atoms with Crippen LogP contribution in [0.15, 0.2) is 169 Å². The first-order chi connectivity index (χ1) is 23.1. The van der Waals surface area contributed by atoms with E-state index in [2.05, 4.69) is 72.8 Å². The molecule has 0 N–H and O–H groups in total. The molecule has 0 aliphatic heterocycles. The van der Waals surface area contributed by atoms with Crippen molar-refractivity contribution in [1.29, 1.82) is 0 Å². The number of para-hydroxylation sites is 2. The molecular weight excluding hydrogens is 576 g/mol. The van der Waals surface area contributed by atoms with Crippen molar-refractivity contribution in [2.75, 3.05) is 0 Å². The molecule has 8 aromatic rings. The normalized spacial score (nSPS) is 11.2. The Morgan fingerprint density at radius 1 is 0.468 bits per heavy atom. The van der Waals surface area contributed by atoms with E-state index in [1.165, 1.54) is 0 Å². The van der Waals surface area contributed by atoms with E-state index in [0.29, 0.717) is 5.82 Å². The maximum atomic E-state index is 13.3. The minimum Gasteiger partial charge on any atom is -0.294 e. The summed E-state index contributed by atoms with van der Waals surface area (Å²) in [6, 6.07) is 55.3. The number of hydrogen-bond donors (Lipinski definition) is 0. The maximum absolute atomic E-state index is 13.3. The highest BCUT2D eigenvalue weighted by molar-refractivity contribution is 5.94. The van der Waals surface area contributed by atoms with Gasteiger partial charge in [-0.3, -0.25) is 9.13 Å². The molecule has 0 spiro atoms. The quantitative estimate of drug-likeness (QED) is 0.189. The molecule has 47 heavy (non-hydrogen) atoms. The Balaban J connectivity index is 1.13. The van der Waals surface area contributed by atoms with Crippen molar-refractivity contribution in [3.05, 3.63) is 174 Å². The van der Waals surface area contributed by atoms with E-state index >= 15 is 0 Å². The Kier molecular flexibility index (Phi) is 7.12. The third-order valence-corrected chi connectivity index (χ3v) is 8.62. The zero-order chi connectivity index (χ0) is 31.7. The second-order valence-electron chi connectivity index (χ2n) is 11.5. The molecule has 0 unspecified atom stereocenters. The molecule has 2 aromatic heterocycles.